The summed E-state index contributed by atoms with van der Waals surface area (Å²) in [5.41, 5.74) is 0. The van der Waals surface area contributed by atoms with Gasteiger partial charge in [-0.3, -0.25) is 4.79 Å². The molecule has 0 amide bonds. The van der Waals surface area contributed by atoms with E-state index in [0.29, 0.717) is 17.9 Å². The zero-order valence-electron chi connectivity index (χ0n) is 9.16. The predicted octanol–water partition coefficient (Wildman–Crippen LogP) is 2.79. The largest absolute Gasteiger partial charge is 0.493 e. The molecule has 0 aliphatic rings. The van der Waals surface area contributed by atoms with E-state index in [1.54, 1.807) is 19.2 Å². The third kappa shape index (κ3) is 3.62. The number of esters is 1. The third-order valence-electron chi connectivity index (χ3n) is 2.03. The van der Waals surface area contributed by atoms with Crippen LogP contribution < -0.4 is 9.47 Å². The second-order valence-corrected chi connectivity index (χ2v) is 3.23. The van der Waals surface area contributed by atoms with Gasteiger partial charge in [0.05, 0.1) is 7.11 Å². The molecule has 0 radical (unpaired) electrons. The Balaban J connectivity index is 2.59. The zero-order chi connectivity index (χ0) is 11.1. The van der Waals surface area contributed by atoms with Gasteiger partial charge in [0.1, 0.15) is 0 Å². The molecule has 1 rings (SSSR count). The minimum Gasteiger partial charge on any atom is -0.493 e. The molecule has 0 atom stereocenters. The van der Waals surface area contributed by atoms with E-state index in [1.165, 1.54) is 0 Å². The lowest BCUT2D eigenvalue weighted by Gasteiger charge is -2.08. The highest BCUT2D eigenvalue weighted by Gasteiger charge is 2.08. The van der Waals surface area contributed by atoms with Crippen LogP contribution in [0.25, 0.3) is 0 Å². The molecule has 15 heavy (non-hydrogen) atoms. The first-order chi connectivity index (χ1) is 7.27. The molecule has 0 saturated carbocycles. The molecule has 0 N–H and O–H groups in total. The quantitative estimate of drug-likeness (QED) is 0.551. The topological polar surface area (TPSA) is 35.5 Å². The predicted molar refractivity (Wildman–Crippen MR) is 58.2 cm³/mol. The van der Waals surface area contributed by atoms with E-state index in [2.05, 4.69) is 0 Å². The van der Waals surface area contributed by atoms with E-state index >= 15 is 0 Å². The maximum absolute atomic E-state index is 11.4. The van der Waals surface area contributed by atoms with Gasteiger partial charge < -0.3 is 9.47 Å². The molecule has 0 saturated heterocycles. The Morgan fingerprint density at radius 2 is 1.93 bits per heavy atom. The zero-order valence-corrected chi connectivity index (χ0v) is 9.16. The van der Waals surface area contributed by atoms with Crippen molar-refractivity contribution in [3.8, 4) is 11.5 Å². The molecule has 1 aromatic carbocycles. The lowest BCUT2D eigenvalue weighted by molar-refractivity contribution is -0.134. The van der Waals surface area contributed by atoms with Crippen LogP contribution >= 0.6 is 0 Å². The summed E-state index contributed by atoms with van der Waals surface area (Å²) in [6.45, 7) is 2.04. The van der Waals surface area contributed by atoms with Crippen molar-refractivity contribution in [2.45, 2.75) is 26.2 Å². The standard InChI is InChI=1S/C12H16O3/c1-3-4-9-12(13)15-11-8-6-5-7-10(11)14-2/h5-8H,3-4,9H2,1-2H3. The highest BCUT2D eigenvalue weighted by molar-refractivity contribution is 5.73. The van der Waals surface area contributed by atoms with Gasteiger partial charge in [-0.15, -0.1) is 0 Å². The first-order valence-corrected chi connectivity index (χ1v) is 5.11. The fraction of sp³-hybridized carbons (Fsp3) is 0.417. The minimum atomic E-state index is -0.207. The Hall–Kier alpha value is -1.51. The number of para-hydroxylation sites is 2. The molecule has 0 fully saturated rings. The van der Waals surface area contributed by atoms with Crippen molar-refractivity contribution >= 4 is 5.97 Å². The van der Waals surface area contributed by atoms with E-state index < -0.39 is 0 Å². The van der Waals surface area contributed by atoms with Crippen molar-refractivity contribution in [1.29, 1.82) is 0 Å². The molecule has 82 valence electrons. The smallest absolute Gasteiger partial charge is 0.311 e. The normalized spacial score (nSPS) is 9.73. The fourth-order valence-electron chi connectivity index (χ4n) is 1.20. The van der Waals surface area contributed by atoms with Crippen LogP contribution in [0.5, 0.6) is 11.5 Å². The average Bonchev–Trinajstić information content (AvgIpc) is 2.27. The van der Waals surface area contributed by atoms with E-state index in [-0.39, 0.29) is 5.97 Å². The number of methoxy groups -OCH3 is 1. The number of carbonyl (C=O) groups excluding carboxylic acids is 1. The van der Waals surface area contributed by atoms with Gasteiger partial charge in [-0.1, -0.05) is 25.5 Å². The van der Waals surface area contributed by atoms with Crippen molar-refractivity contribution < 1.29 is 14.3 Å². The monoisotopic (exact) mass is 208 g/mol. The van der Waals surface area contributed by atoms with Crippen molar-refractivity contribution in [2.75, 3.05) is 7.11 Å². The Morgan fingerprint density at radius 1 is 1.27 bits per heavy atom. The molecule has 0 unspecified atom stereocenters. The number of unbranched alkanes of at least 4 members (excludes halogenated alkanes) is 1. The fourth-order valence-corrected chi connectivity index (χ4v) is 1.20. The van der Waals surface area contributed by atoms with Gasteiger partial charge in [0, 0.05) is 6.42 Å². The summed E-state index contributed by atoms with van der Waals surface area (Å²) in [5, 5.41) is 0. The lowest BCUT2D eigenvalue weighted by Crippen LogP contribution is -2.08. The molecule has 0 heterocycles. The van der Waals surface area contributed by atoms with Crippen LogP contribution in [-0.2, 0) is 4.79 Å². The number of benzene rings is 1. The van der Waals surface area contributed by atoms with Crippen LogP contribution in [0.1, 0.15) is 26.2 Å². The lowest BCUT2D eigenvalue weighted by atomic mass is 10.2. The molecule has 0 aromatic heterocycles. The molecule has 3 nitrogen and oxygen atoms in total. The van der Waals surface area contributed by atoms with E-state index in [4.69, 9.17) is 9.47 Å². The molecule has 0 spiro atoms. The number of hydrogen-bond acceptors (Lipinski definition) is 3. The highest BCUT2D eigenvalue weighted by atomic mass is 16.6. The molecule has 1 aromatic rings. The third-order valence-corrected chi connectivity index (χ3v) is 2.03. The summed E-state index contributed by atoms with van der Waals surface area (Å²) in [6, 6.07) is 7.14. The van der Waals surface area contributed by atoms with Crippen molar-refractivity contribution in [3.63, 3.8) is 0 Å². The van der Waals surface area contributed by atoms with Gasteiger partial charge in [0.25, 0.3) is 0 Å². The summed E-state index contributed by atoms with van der Waals surface area (Å²) >= 11 is 0. The first kappa shape index (κ1) is 11.6. The summed E-state index contributed by atoms with van der Waals surface area (Å²) in [5.74, 6) is 0.866. The van der Waals surface area contributed by atoms with Crippen molar-refractivity contribution in [1.82, 2.24) is 0 Å². The Bertz CT molecular complexity index is 320. The molecule has 0 aliphatic heterocycles. The van der Waals surface area contributed by atoms with E-state index in [1.807, 2.05) is 19.1 Å². The highest BCUT2D eigenvalue weighted by Crippen LogP contribution is 2.26. The minimum absolute atomic E-state index is 0.207. The number of hydrogen-bond donors (Lipinski definition) is 0. The number of rotatable bonds is 5. The second-order valence-electron chi connectivity index (χ2n) is 3.23. The van der Waals surface area contributed by atoms with Gasteiger partial charge in [-0.2, -0.15) is 0 Å². The van der Waals surface area contributed by atoms with Crippen LogP contribution in [0.15, 0.2) is 24.3 Å². The van der Waals surface area contributed by atoms with Gasteiger partial charge in [-0.25, -0.2) is 0 Å². The second kappa shape index (κ2) is 6.06. The van der Waals surface area contributed by atoms with Gasteiger partial charge in [0.15, 0.2) is 11.5 Å². The Morgan fingerprint density at radius 3 is 2.53 bits per heavy atom. The summed E-state index contributed by atoms with van der Waals surface area (Å²) in [6.07, 6.45) is 2.30. The number of ether oxygens (including phenoxy) is 2. The maximum atomic E-state index is 11.4. The van der Waals surface area contributed by atoms with E-state index in [0.717, 1.165) is 12.8 Å². The molecule has 0 aliphatic carbocycles. The molecule has 3 heteroatoms. The van der Waals surface area contributed by atoms with Crippen LogP contribution in [-0.4, -0.2) is 13.1 Å². The molecule has 0 bridgehead atoms. The summed E-state index contributed by atoms with van der Waals surface area (Å²) in [4.78, 5) is 11.4. The van der Waals surface area contributed by atoms with Crippen LogP contribution in [0.2, 0.25) is 0 Å². The van der Waals surface area contributed by atoms with Crippen LogP contribution in [0.4, 0.5) is 0 Å². The maximum Gasteiger partial charge on any atom is 0.311 e. The van der Waals surface area contributed by atoms with Crippen LogP contribution in [0, 0.1) is 0 Å². The molecular weight excluding hydrogens is 192 g/mol. The Kier molecular flexibility index (Phi) is 4.68. The van der Waals surface area contributed by atoms with Gasteiger partial charge >= 0.3 is 5.97 Å². The molecular formula is C12H16O3. The summed E-state index contributed by atoms with van der Waals surface area (Å²) < 4.78 is 10.2. The Labute approximate surface area is 90.0 Å². The number of carbonyl (C=O) groups is 1. The van der Waals surface area contributed by atoms with Crippen molar-refractivity contribution in [2.24, 2.45) is 0 Å². The van der Waals surface area contributed by atoms with Crippen LogP contribution in [0.3, 0.4) is 0 Å². The first-order valence-electron chi connectivity index (χ1n) is 5.11. The average molecular weight is 208 g/mol. The summed E-state index contributed by atoms with van der Waals surface area (Å²) in [7, 11) is 1.55. The van der Waals surface area contributed by atoms with E-state index in [9.17, 15) is 4.79 Å². The van der Waals surface area contributed by atoms with Gasteiger partial charge in [-0.05, 0) is 18.6 Å². The van der Waals surface area contributed by atoms with Gasteiger partial charge in [0.2, 0.25) is 0 Å². The van der Waals surface area contributed by atoms with Crippen molar-refractivity contribution in [3.05, 3.63) is 24.3 Å². The SMILES string of the molecule is CCCCC(=O)Oc1ccccc1OC.